The van der Waals surface area contributed by atoms with Gasteiger partial charge in [-0.25, -0.2) is 16.8 Å². The number of alkyl halides is 10. The van der Waals surface area contributed by atoms with E-state index in [2.05, 4.69) is 0 Å². The summed E-state index contributed by atoms with van der Waals surface area (Å²) in [4.78, 5) is 0. The van der Waals surface area contributed by atoms with Gasteiger partial charge in [0, 0.05) is 0 Å². The summed E-state index contributed by atoms with van der Waals surface area (Å²) in [5.41, 5.74) is -1.74. The molecule has 0 saturated heterocycles. The van der Waals surface area contributed by atoms with Gasteiger partial charge in [0.2, 0.25) is 19.7 Å². The normalized spacial score (nSPS) is 14.6. The van der Waals surface area contributed by atoms with Crippen molar-refractivity contribution in [3.63, 3.8) is 0 Å². The molecule has 0 radical (unpaired) electrons. The van der Waals surface area contributed by atoms with E-state index < -0.39 is 52.7 Å². The van der Waals surface area contributed by atoms with Gasteiger partial charge < -0.3 is 0 Å². The lowest BCUT2D eigenvalue weighted by atomic mass is 10.1. The number of halogens is 10. The summed E-state index contributed by atoms with van der Waals surface area (Å²) in [7, 11) is -15.4. The van der Waals surface area contributed by atoms with Crippen LogP contribution in [0.25, 0.3) is 10.8 Å². The van der Waals surface area contributed by atoms with Crippen molar-refractivity contribution >= 4 is 30.4 Å². The fraction of sp³-hybridized carbons (Fsp3) is 0.267. The van der Waals surface area contributed by atoms with Crippen LogP contribution in [-0.2, 0) is 19.7 Å². The van der Waals surface area contributed by atoms with Crippen LogP contribution in [0.4, 0.5) is 43.9 Å². The van der Waals surface area contributed by atoms with Gasteiger partial charge in [-0.1, -0.05) is 29.7 Å². The van der Waals surface area contributed by atoms with Crippen LogP contribution >= 0.6 is 0 Å². The lowest BCUT2D eigenvalue weighted by Gasteiger charge is -2.33. The summed E-state index contributed by atoms with van der Waals surface area (Å²) < 4.78 is 175. The lowest BCUT2D eigenvalue weighted by molar-refractivity contribution is -0.242. The van der Waals surface area contributed by atoms with Crippen molar-refractivity contribution in [3.8, 4) is 0 Å². The molecule has 31 heavy (non-hydrogen) atoms. The molecule has 0 aliphatic heterocycles. The topological polar surface area (TPSA) is 68.3 Å². The molecule has 16 heteroatoms. The van der Waals surface area contributed by atoms with Gasteiger partial charge in [-0.15, -0.1) is 6.07 Å². The molecular weight excluding hydrogens is 498 g/mol. The highest BCUT2D eigenvalue weighted by atomic mass is 32.3. The van der Waals surface area contributed by atoms with Crippen molar-refractivity contribution in [2.45, 2.75) is 22.9 Å². The molecule has 0 N–H and O–H groups in total. The van der Waals surface area contributed by atoms with Crippen molar-refractivity contribution in [1.82, 2.24) is 0 Å². The van der Waals surface area contributed by atoms with E-state index in [0.717, 1.165) is 12.1 Å². The average Bonchev–Trinajstić information content (AvgIpc) is 2.59. The molecule has 0 heterocycles. The fourth-order valence-corrected chi connectivity index (χ4v) is 6.04. The largest absolute Gasteiger partial charge is 0.468 e. The zero-order chi connectivity index (χ0) is 24.3. The highest BCUT2D eigenvalue weighted by Gasteiger charge is 2.74. The molecule has 0 amide bonds. The van der Waals surface area contributed by atoms with Gasteiger partial charge in [-0.05, 0) is 5.39 Å². The fourth-order valence-electron chi connectivity index (χ4n) is 2.31. The molecule has 2 aromatic carbocycles. The number of hydrogen-bond donors (Lipinski definition) is 0. The summed E-state index contributed by atoms with van der Waals surface area (Å²) in [6.45, 7) is 0. The molecule has 0 aliphatic rings. The van der Waals surface area contributed by atoms with E-state index in [9.17, 15) is 60.7 Å². The Bertz CT molecular complexity index is 1140. The van der Waals surface area contributed by atoms with Crippen molar-refractivity contribution in [2.75, 3.05) is 0 Å². The van der Waals surface area contributed by atoms with Crippen molar-refractivity contribution in [1.29, 1.82) is 0 Å². The first-order valence-electron chi connectivity index (χ1n) is 7.44. The van der Waals surface area contributed by atoms with E-state index in [1.165, 1.54) is 18.2 Å². The first-order chi connectivity index (χ1) is 13.7. The summed E-state index contributed by atoms with van der Waals surface area (Å²) in [6.07, 6.45) is -14.1. The minimum absolute atomic E-state index is 0.102. The molecule has 0 aromatic heterocycles. The average molecular weight is 505 g/mol. The molecule has 0 aliphatic carbocycles. The molecular formula is C15H7F10O4S2-. The van der Waals surface area contributed by atoms with Crippen LogP contribution in [0.15, 0.2) is 42.5 Å². The Kier molecular flexibility index (Phi) is 5.77. The number of rotatable bonds is 5. The maximum atomic E-state index is 13.6. The van der Waals surface area contributed by atoms with Gasteiger partial charge in [0.1, 0.15) is 0 Å². The molecule has 0 fully saturated rings. The third-order valence-electron chi connectivity index (χ3n) is 3.81. The van der Waals surface area contributed by atoms with E-state index in [0.29, 0.717) is 0 Å². The quantitative estimate of drug-likeness (QED) is 0.432. The van der Waals surface area contributed by atoms with Gasteiger partial charge in [-0.2, -0.15) is 61.6 Å². The van der Waals surface area contributed by atoms with E-state index in [-0.39, 0.29) is 22.9 Å². The third-order valence-corrected chi connectivity index (χ3v) is 8.39. The standard InChI is InChI=1S/C15H7F10O4S2/c16-12(17,18)14(22,23)30(26,27)11(31(28,29)15(24,25)13(19,20)21)10-6-5-8-3-1-2-4-9(8)7-10/h1-7H/q-1. The number of benzene rings is 2. The predicted octanol–water partition coefficient (Wildman–Crippen LogP) is 4.82. The van der Waals surface area contributed by atoms with Crippen LogP contribution in [-0.4, -0.2) is 39.7 Å². The van der Waals surface area contributed by atoms with Crippen LogP contribution in [0.5, 0.6) is 0 Å². The molecule has 2 rings (SSSR count). The van der Waals surface area contributed by atoms with Crippen LogP contribution in [0.3, 0.4) is 0 Å². The Morgan fingerprint density at radius 3 is 1.35 bits per heavy atom. The summed E-state index contributed by atoms with van der Waals surface area (Å²) in [5.74, 6) is 0. The van der Waals surface area contributed by atoms with E-state index in [4.69, 9.17) is 0 Å². The van der Waals surface area contributed by atoms with Crippen LogP contribution < -0.4 is 0 Å². The number of hydrogen-bond acceptors (Lipinski definition) is 4. The zero-order valence-corrected chi connectivity index (χ0v) is 15.9. The molecule has 0 unspecified atom stereocenters. The summed E-state index contributed by atoms with van der Waals surface area (Å²) in [6, 6.07) is 6.08. The Morgan fingerprint density at radius 2 is 0.968 bits per heavy atom. The lowest BCUT2D eigenvalue weighted by Crippen LogP contribution is -2.53. The zero-order valence-electron chi connectivity index (χ0n) is 14.3. The Morgan fingerprint density at radius 1 is 0.581 bits per heavy atom. The first-order valence-corrected chi connectivity index (χ1v) is 10.4. The highest BCUT2D eigenvalue weighted by molar-refractivity contribution is 8.14. The van der Waals surface area contributed by atoms with E-state index >= 15 is 0 Å². The third kappa shape index (κ3) is 3.79. The molecule has 0 atom stereocenters. The Balaban J connectivity index is 2.95. The molecule has 0 spiro atoms. The first kappa shape index (κ1) is 25.0. The summed E-state index contributed by atoms with van der Waals surface area (Å²) in [5, 5.41) is -14.2. The van der Waals surface area contributed by atoms with Gasteiger partial charge in [0.05, 0.1) is 4.58 Å². The van der Waals surface area contributed by atoms with Crippen molar-refractivity contribution < 1.29 is 60.7 Å². The van der Waals surface area contributed by atoms with Gasteiger partial charge in [-0.3, -0.25) is 0 Å². The van der Waals surface area contributed by atoms with Crippen molar-refractivity contribution in [3.05, 3.63) is 52.6 Å². The van der Waals surface area contributed by atoms with Gasteiger partial charge >= 0.3 is 22.9 Å². The smallest absolute Gasteiger partial charge is 0.229 e. The number of fused-ring (bicyclic) bond motifs is 1. The molecule has 4 nitrogen and oxygen atoms in total. The minimum atomic E-state index is -7.69. The Labute approximate surface area is 167 Å². The van der Waals surface area contributed by atoms with Gasteiger partial charge in [0.25, 0.3) is 0 Å². The molecule has 0 saturated carbocycles. The number of sulfone groups is 2. The van der Waals surface area contributed by atoms with Crippen LogP contribution in [0.1, 0.15) is 5.56 Å². The SMILES string of the molecule is O=S(=O)([C-](c1ccc2ccccc2c1)S(=O)(=O)C(F)(F)C(F)(F)F)C(F)(F)C(F)(F)F. The molecule has 174 valence electrons. The second-order valence-electron chi connectivity index (χ2n) is 5.89. The maximum Gasteiger partial charge on any atom is 0.468 e. The predicted molar refractivity (Wildman–Crippen MR) is 86.1 cm³/mol. The molecule has 0 bridgehead atoms. The Hall–Kier alpha value is -2.23. The van der Waals surface area contributed by atoms with E-state index in [1.54, 1.807) is 0 Å². The maximum absolute atomic E-state index is 13.6. The minimum Gasteiger partial charge on any atom is -0.229 e. The molecule has 2 aromatic rings. The monoisotopic (exact) mass is 505 g/mol. The van der Waals surface area contributed by atoms with Gasteiger partial charge in [0.15, 0.2) is 0 Å². The van der Waals surface area contributed by atoms with Crippen molar-refractivity contribution in [2.24, 2.45) is 0 Å². The van der Waals surface area contributed by atoms with Crippen LogP contribution in [0.2, 0.25) is 0 Å². The summed E-state index contributed by atoms with van der Waals surface area (Å²) >= 11 is 0. The van der Waals surface area contributed by atoms with E-state index in [1.807, 2.05) is 0 Å². The second-order valence-corrected chi connectivity index (χ2v) is 10.00. The highest BCUT2D eigenvalue weighted by Crippen LogP contribution is 2.52. The second kappa shape index (κ2) is 7.15. The van der Waals surface area contributed by atoms with Crippen LogP contribution in [0, 0.1) is 4.58 Å².